The minimum atomic E-state index is -4.96. The van der Waals surface area contributed by atoms with E-state index in [1.54, 1.807) is 0 Å². The van der Waals surface area contributed by atoms with Gasteiger partial charge >= 0.3 is 39.5 Å². The van der Waals surface area contributed by atoms with Crippen LogP contribution in [0.25, 0.3) is 0 Å². The number of carbonyl (C=O) groups excluding carboxylic acids is 4. The maximum Gasteiger partial charge on any atom is 0.472 e. The Morgan fingerprint density at radius 3 is 0.701 bits per heavy atom. The first kappa shape index (κ1) is 95.1. The predicted octanol–water partition coefficient (Wildman–Crippen LogP) is 23.1. The number of hydrogen-bond acceptors (Lipinski definition) is 15. The van der Waals surface area contributed by atoms with Crippen LogP contribution in [0.2, 0.25) is 0 Å². The molecule has 3 N–H and O–H groups in total. The van der Waals surface area contributed by atoms with Crippen LogP contribution in [-0.2, 0) is 65.4 Å². The summed E-state index contributed by atoms with van der Waals surface area (Å²) in [6.45, 7) is 9.58. The molecule has 0 saturated heterocycles. The number of unbranched alkanes of at least 4 members (excludes halogenated alkanes) is 47. The smallest absolute Gasteiger partial charge is 0.462 e. The van der Waals surface area contributed by atoms with Gasteiger partial charge in [0, 0.05) is 25.7 Å². The Morgan fingerprint density at radius 1 is 0.278 bits per heavy atom. The fourth-order valence-electron chi connectivity index (χ4n) is 12.0. The van der Waals surface area contributed by atoms with Crippen LogP contribution in [0.5, 0.6) is 0 Å². The van der Waals surface area contributed by atoms with Gasteiger partial charge < -0.3 is 33.8 Å². The van der Waals surface area contributed by atoms with Gasteiger partial charge in [0.15, 0.2) is 12.2 Å². The summed E-state index contributed by atoms with van der Waals surface area (Å²) >= 11 is 0. The highest BCUT2D eigenvalue weighted by Crippen LogP contribution is 2.45. The first-order valence-corrected chi connectivity index (χ1v) is 43.5. The SMILES string of the molecule is CCCCCCCCCCCCCCCCCCCCCCC(=O)O[C@H](COC(=O)CCCCCCCCCCCCC(C)C)COP(=O)(O)OC[C@@H](O)COP(=O)(O)OC[C@@H](COC(=O)CCCCCCCCCCCCCC)OC(=O)CCCCCCCCCCCC(C)C. The Balaban J connectivity index is 5.23. The van der Waals surface area contributed by atoms with Crippen LogP contribution >= 0.6 is 15.6 Å². The molecule has 17 nitrogen and oxygen atoms in total. The number of aliphatic hydroxyl groups is 1. The van der Waals surface area contributed by atoms with Crippen molar-refractivity contribution >= 4 is 39.5 Å². The van der Waals surface area contributed by atoms with Gasteiger partial charge in [-0.25, -0.2) is 9.13 Å². The Morgan fingerprint density at radius 2 is 0.474 bits per heavy atom. The summed E-state index contributed by atoms with van der Waals surface area (Å²) in [4.78, 5) is 72.9. The zero-order valence-electron chi connectivity index (χ0n) is 63.4. The van der Waals surface area contributed by atoms with Gasteiger partial charge in [-0.1, -0.05) is 356 Å². The van der Waals surface area contributed by atoms with Crippen molar-refractivity contribution in [3.8, 4) is 0 Å². The molecule has 0 rings (SSSR count). The molecule has 2 unspecified atom stereocenters. The van der Waals surface area contributed by atoms with Gasteiger partial charge in [0.25, 0.3) is 0 Å². The van der Waals surface area contributed by atoms with Crippen LogP contribution in [0, 0.1) is 11.8 Å². The van der Waals surface area contributed by atoms with Gasteiger partial charge in [-0.15, -0.1) is 0 Å². The van der Waals surface area contributed by atoms with Crippen LogP contribution in [0.4, 0.5) is 0 Å². The summed E-state index contributed by atoms with van der Waals surface area (Å²) in [5.74, 6) is -0.618. The molecule has 0 aliphatic heterocycles. The van der Waals surface area contributed by atoms with Crippen LogP contribution in [0.3, 0.4) is 0 Å². The second-order valence-electron chi connectivity index (χ2n) is 29.1. The highest BCUT2D eigenvalue weighted by molar-refractivity contribution is 7.47. The molecule has 0 amide bonds. The fourth-order valence-corrected chi connectivity index (χ4v) is 13.6. The van der Waals surface area contributed by atoms with E-state index in [2.05, 4.69) is 41.5 Å². The first-order chi connectivity index (χ1) is 46.9. The number of phosphoric ester groups is 2. The maximum absolute atomic E-state index is 13.1. The van der Waals surface area contributed by atoms with E-state index in [1.165, 1.54) is 225 Å². The van der Waals surface area contributed by atoms with Crippen molar-refractivity contribution in [3.05, 3.63) is 0 Å². The maximum atomic E-state index is 13.1. The molecule has 0 aliphatic rings. The van der Waals surface area contributed by atoms with Crippen molar-refractivity contribution in [1.82, 2.24) is 0 Å². The third-order valence-electron chi connectivity index (χ3n) is 18.2. The predicted molar refractivity (Wildman–Crippen MR) is 395 cm³/mol. The minimum absolute atomic E-state index is 0.106. The number of aliphatic hydroxyl groups excluding tert-OH is 1. The number of ether oxygens (including phenoxy) is 4. The van der Waals surface area contributed by atoms with E-state index in [0.29, 0.717) is 25.7 Å². The Bertz CT molecular complexity index is 1870. The Labute approximate surface area is 594 Å². The van der Waals surface area contributed by atoms with E-state index in [4.69, 9.17) is 37.0 Å². The molecular weight excluding hydrogens is 1270 g/mol. The Hall–Kier alpha value is -1.94. The molecule has 5 atom stereocenters. The molecule has 576 valence electrons. The van der Waals surface area contributed by atoms with Crippen molar-refractivity contribution < 1.29 is 80.2 Å². The summed E-state index contributed by atoms with van der Waals surface area (Å²) < 4.78 is 68.6. The lowest BCUT2D eigenvalue weighted by atomic mass is 10.0. The van der Waals surface area contributed by atoms with Gasteiger partial charge in [-0.2, -0.15) is 0 Å². The van der Waals surface area contributed by atoms with Crippen LogP contribution in [-0.4, -0.2) is 96.7 Å². The van der Waals surface area contributed by atoms with Gasteiger partial charge in [-0.3, -0.25) is 37.3 Å². The average molecular weight is 1420 g/mol. The normalized spacial score (nSPS) is 14.0. The molecule has 0 spiro atoms. The highest BCUT2D eigenvalue weighted by Gasteiger charge is 2.30. The van der Waals surface area contributed by atoms with E-state index in [9.17, 15) is 43.2 Å². The zero-order chi connectivity index (χ0) is 71.4. The summed E-state index contributed by atoms with van der Waals surface area (Å²) in [5.41, 5.74) is 0. The molecular formula is C78H152O17P2. The Kier molecular flexibility index (Phi) is 68.4. The van der Waals surface area contributed by atoms with Crippen LogP contribution < -0.4 is 0 Å². The fraction of sp³-hybridized carbons (Fsp3) is 0.949. The summed E-state index contributed by atoms with van der Waals surface area (Å²) in [5, 5.41) is 10.6. The molecule has 0 aromatic rings. The van der Waals surface area contributed by atoms with E-state index in [0.717, 1.165) is 102 Å². The minimum Gasteiger partial charge on any atom is -0.462 e. The van der Waals surface area contributed by atoms with Crippen molar-refractivity contribution in [2.45, 2.75) is 426 Å². The van der Waals surface area contributed by atoms with E-state index >= 15 is 0 Å². The van der Waals surface area contributed by atoms with Gasteiger partial charge in [0.05, 0.1) is 26.4 Å². The first-order valence-electron chi connectivity index (χ1n) is 40.5. The third-order valence-corrected chi connectivity index (χ3v) is 20.1. The topological polar surface area (TPSA) is 237 Å². The molecule has 0 radical (unpaired) electrons. The lowest BCUT2D eigenvalue weighted by Gasteiger charge is -2.21. The number of carbonyl (C=O) groups is 4. The molecule has 0 bridgehead atoms. The lowest BCUT2D eigenvalue weighted by Crippen LogP contribution is -2.30. The van der Waals surface area contributed by atoms with Crippen molar-refractivity contribution in [2.24, 2.45) is 11.8 Å². The average Bonchev–Trinajstić information content (AvgIpc) is 1.03. The van der Waals surface area contributed by atoms with E-state index in [-0.39, 0.29) is 25.7 Å². The molecule has 0 aliphatic carbocycles. The number of phosphoric acid groups is 2. The molecule has 0 heterocycles. The van der Waals surface area contributed by atoms with Crippen LogP contribution in [0.15, 0.2) is 0 Å². The van der Waals surface area contributed by atoms with Gasteiger partial charge in [0.2, 0.25) is 0 Å². The third kappa shape index (κ3) is 72.2. The second-order valence-corrected chi connectivity index (χ2v) is 32.0. The molecule has 0 saturated carbocycles. The monoisotopic (exact) mass is 1420 g/mol. The van der Waals surface area contributed by atoms with Crippen molar-refractivity contribution in [1.29, 1.82) is 0 Å². The standard InChI is InChI=1S/C78H152O17P2/c1-7-9-11-13-15-17-19-21-22-23-24-25-26-27-28-30-38-44-50-56-62-77(82)94-73(66-89-76(81)61-55-49-43-37-32-31-34-40-46-52-58-70(3)4)68-92-96(84,85)90-64-72(79)65-91-97(86,87)93-69-74(95-78(83)63-57-51-45-39-33-35-41-47-53-59-71(5)6)67-88-75(80)60-54-48-42-36-29-20-18-16-14-12-10-8-2/h70-74,79H,7-69H2,1-6H3,(H,84,85)(H,86,87)/t72-,73-,74-/m1/s1. The largest absolute Gasteiger partial charge is 0.472 e. The highest BCUT2D eigenvalue weighted by atomic mass is 31.2. The number of esters is 4. The van der Waals surface area contributed by atoms with E-state index in [1.807, 2.05) is 0 Å². The summed E-state index contributed by atoms with van der Waals surface area (Å²) in [7, 11) is -9.91. The quantitative estimate of drug-likeness (QED) is 0.0222. The van der Waals surface area contributed by atoms with E-state index < -0.39 is 97.5 Å². The van der Waals surface area contributed by atoms with Gasteiger partial charge in [0.1, 0.15) is 19.3 Å². The van der Waals surface area contributed by atoms with Crippen LogP contribution in [0.1, 0.15) is 408 Å². The molecule has 0 aromatic carbocycles. The molecule has 0 fully saturated rings. The van der Waals surface area contributed by atoms with Gasteiger partial charge in [-0.05, 0) is 37.5 Å². The lowest BCUT2D eigenvalue weighted by molar-refractivity contribution is -0.161. The summed E-state index contributed by atoms with van der Waals surface area (Å²) in [6, 6.07) is 0. The zero-order valence-corrected chi connectivity index (χ0v) is 65.2. The number of rotatable bonds is 77. The number of hydrogen-bond donors (Lipinski definition) is 3. The van der Waals surface area contributed by atoms with Crippen molar-refractivity contribution in [2.75, 3.05) is 39.6 Å². The van der Waals surface area contributed by atoms with Crippen molar-refractivity contribution in [3.63, 3.8) is 0 Å². The molecule has 19 heteroatoms. The molecule has 0 aromatic heterocycles. The molecule has 97 heavy (non-hydrogen) atoms. The second kappa shape index (κ2) is 69.8. The summed E-state index contributed by atoms with van der Waals surface area (Å²) in [6.07, 6.45) is 58.3.